The molecule has 3 aromatic carbocycles. The largest absolute Gasteiger partial charge is 0.417 e. The highest BCUT2D eigenvalue weighted by Crippen LogP contribution is 2.27. The third kappa shape index (κ3) is 5.63. The van der Waals surface area contributed by atoms with Crippen LogP contribution >= 0.6 is 0 Å². The van der Waals surface area contributed by atoms with Crippen LogP contribution in [-0.4, -0.2) is 12.2 Å². The number of hydrogen-bond acceptors (Lipinski definition) is 4. The summed E-state index contributed by atoms with van der Waals surface area (Å²) in [6.07, 6.45) is 0.208. The zero-order chi connectivity index (χ0) is 22.2. The summed E-state index contributed by atoms with van der Waals surface area (Å²) in [7, 11) is 0. The van der Waals surface area contributed by atoms with E-state index in [0.29, 0.717) is 22.9 Å². The number of aryl methyl sites for hydroxylation is 3. The minimum Gasteiger partial charge on any atom is -0.410 e. The van der Waals surface area contributed by atoms with Gasteiger partial charge in [-0.05, 0) is 54.7 Å². The van der Waals surface area contributed by atoms with Gasteiger partial charge in [-0.3, -0.25) is 10.6 Å². The normalized spacial score (nSPS) is 10.3. The van der Waals surface area contributed by atoms with E-state index in [0.717, 1.165) is 29.5 Å². The molecule has 0 heterocycles. The number of nitrogens with one attached hydrogen (secondary N) is 2. The average Bonchev–Trinajstić information content (AvgIpc) is 2.77. The zero-order valence-corrected chi connectivity index (χ0v) is 17.9. The monoisotopic (exact) mass is 418 g/mol. The number of rotatable bonds is 6. The maximum absolute atomic E-state index is 12.5. The van der Waals surface area contributed by atoms with Gasteiger partial charge in [0.15, 0.2) is 0 Å². The van der Waals surface area contributed by atoms with Gasteiger partial charge in [-0.1, -0.05) is 62.4 Å². The summed E-state index contributed by atoms with van der Waals surface area (Å²) in [5.74, 6) is 1.00. The van der Waals surface area contributed by atoms with Gasteiger partial charge in [-0.15, -0.1) is 0 Å². The standard InChI is InChI=1S/C25H26N2O4/c1-4-18-12-6-8-15-21(18)30-24(28)26-20-14-10-11-17(3)23(20)27-25(29)31-22-16-9-7-13-19(22)5-2/h6-16H,4-5H2,1-3H3,(H,26,28)(H,27,29). The van der Waals surface area contributed by atoms with Crippen LogP contribution in [0.1, 0.15) is 30.5 Å². The van der Waals surface area contributed by atoms with Gasteiger partial charge in [-0.2, -0.15) is 0 Å². The number of anilines is 2. The van der Waals surface area contributed by atoms with Crippen molar-refractivity contribution in [3.63, 3.8) is 0 Å². The van der Waals surface area contributed by atoms with E-state index in [4.69, 9.17) is 9.47 Å². The van der Waals surface area contributed by atoms with E-state index in [1.165, 1.54) is 0 Å². The maximum atomic E-state index is 12.5. The van der Waals surface area contributed by atoms with Gasteiger partial charge in [-0.25, -0.2) is 9.59 Å². The van der Waals surface area contributed by atoms with Gasteiger partial charge in [0.05, 0.1) is 11.4 Å². The molecular formula is C25H26N2O4. The molecule has 0 saturated heterocycles. The number of ether oxygens (including phenoxy) is 2. The van der Waals surface area contributed by atoms with Gasteiger partial charge in [0.2, 0.25) is 0 Å². The van der Waals surface area contributed by atoms with Crippen LogP contribution in [0.3, 0.4) is 0 Å². The van der Waals surface area contributed by atoms with Crippen LogP contribution in [-0.2, 0) is 12.8 Å². The Balaban J connectivity index is 1.74. The Bertz CT molecular complexity index is 1080. The molecule has 3 aromatic rings. The van der Waals surface area contributed by atoms with E-state index >= 15 is 0 Å². The quantitative estimate of drug-likeness (QED) is 0.490. The van der Waals surface area contributed by atoms with E-state index in [9.17, 15) is 9.59 Å². The first kappa shape index (κ1) is 21.9. The summed E-state index contributed by atoms with van der Waals surface area (Å²) in [6.45, 7) is 5.81. The molecule has 160 valence electrons. The molecule has 0 radical (unpaired) electrons. The predicted molar refractivity (Wildman–Crippen MR) is 122 cm³/mol. The summed E-state index contributed by atoms with van der Waals surface area (Å²) in [6, 6.07) is 20.0. The van der Waals surface area contributed by atoms with Crippen molar-refractivity contribution < 1.29 is 19.1 Å². The first-order valence-corrected chi connectivity index (χ1v) is 10.2. The molecule has 0 spiro atoms. The number of para-hydroxylation sites is 3. The third-order valence-corrected chi connectivity index (χ3v) is 4.85. The van der Waals surface area contributed by atoms with Crippen molar-refractivity contribution in [2.24, 2.45) is 0 Å². The second-order valence-corrected chi connectivity index (χ2v) is 6.95. The van der Waals surface area contributed by atoms with E-state index in [1.807, 2.05) is 63.2 Å². The van der Waals surface area contributed by atoms with Crippen LogP contribution < -0.4 is 20.1 Å². The van der Waals surface area contributed by atoms with Gasteiger partial charge < -0.3 is 9.47 Å². The number of carbonyl (C=O) groups excluding carboxylic acids is 2. The van der Waals surface area contributed by atoms with Crippen LogP contribution in [0.15, 0.2) is 66.7 Å². The fourth-order valence-electron chi connectivity index (χ4n) is 3.19. The molecule has 0 saturated carbocycles. The molecule has 2 N–H and O–H groups in total. The average molecular weight is 418 g/mol. The maximum Gasteiger partial charge on any atom is 0.417 e. The molecule has 0 fully saturated rings. The van der Waals surface area contributed by atoms with Crippen molar-refractivity contribution in [1.29, 1.82) is 0 Å². The highest BCUT2D eigenvalue weighted by atomic mass is 16.6. The number of hydrogen-bond donors (Lipinski definition) is 2. The summed E-state index contributed by atoms with van der Waals surface area (Å²) >= 11 is 0. The molecular weight excluding hydrogens is 392 g/mol. The molecule has 6 nitrogen and oxygen atoms in total. The summed E-state index contributed by atoms with van der Waals surface area (Å²) in [4.78, 5) is 25.0. The lowest BCUT2D eigenvalue weighted by Crippen LogP contribution is -2.22. The van der Waals surface area contributed by atoms with Crippen molar-refractivity contribution in [3.05, 3.63) is 83.4 Å². The smallest absolute Gasteiger partial charge is 0.410 e. The Kier molecular flexibility index (Phi) is 7.27. The fourth-order valence-corrected chi connectivity index (χ4v) is 3.19. The molecule has 0 aliphatic heterocycles. The lowest BCUT2D eigenvalue weighted by Gasteiger charge is -2.16. The molecule has 0 aromatic heterocycles. The molecule has 6 heteroatoms. The Morgan fingerprint density at radius 2 is 1.23 bits per heavy atom. The second-order valence-electron chi connectivity index (χ2n) is 6.95. The fraction of sp³-hybridized carbons (Fsp3) is 0.200. The Morgan fingerprint density at radius 1 is 0.710 bits per heavy atom. The molecule has 0 atom stereocenters. The van der Waals surface area contributed by atoms with E-state index in [-0.39, 0.29) is 0 Å². The van der Waals surface area contributed by atoms with E-state index in [1.54, 1.807) is 24.3 Å². The van der Waals surface area contributed by atoms with Crippen molar-refractivity contribution in [1.82, 2.24) is 0 Å². The van der Waals surface area contributed by atoms with Crippen LogP contribution in [0, 0.1) is 6.92 Å². The van der Waals surface area contributed by atoms with Gasteiger partial charge >= 0.3 is 12.2 Å². The van der Waals surface area contributed by atoms with Crippen LogP contribution in [0.5, 0.6) is 11.5 Å². The first-order valence-electron chi connectivity index (χ1n) is 10.2. The Labute approximate surface area is 182 Å². The molecule has 3 rings (SSSR count). The lowest BCUT2D eigenvalue weighted by atomic mass is 10.1. The van der Waals surface area contributed by atoms with Crippen LogP contribution in [0.25, 0.3) is 0 Å². The summed E-state index contributed by atoms with van der Waals surface area (Å²) in [5, 5.41) is 5.45. The van der Waals surface area contributed by atoms with Crippen molar-refractivity contribution in [2.45, 2.75) is 33.6 Å². The number of amides is 2. The van der Waals surface area contributed by atoms with Gasteiger partial charge in [0.1, 0.15) is 11.5 Å². The Morgan fingerprint density at radius 3 is 1.77 bits per heavy atom. The minimum absolute atomic E-state index is 0.416. The van der Waals surface area contributed by atoms with Crippen LogP contribution in [0.4, 0.5) is 21.0 Å². The molecule has 31 heavy (non-hydrogen) atoms. The predicted octanol–water partition coefficient (Wildman–Crippen LogP) is 6.34. The van der Waals surface area contributed by atoms with Crippen LogP contribution in [0.2, 0.25) is 0 Å². The molecule has 0 aliphatic carbocycles. The van der Waals surface area contributed by atoms with Gasteiger partial charge in [0, 0.05) is 0 Å². The van der Waals surface area contributed by atoms with E-state index < -0.39 is 12.2 Å². The molecule has 0 aliphatic rings. The van der Waals surface area contributed by atoms with Crippen molar-refractivity contribution in [3.8, 4) is 11.5 Å². The highest BCUT2D eigenvalue weighted by molar-refractivity contribution is 5.97. The molecule has 0 unspecified atom stereocenters. The second kappa shape index (κ2) is 10.3. The third-order valence-electron chi connectivity index (χ3n) is 4.85. The van der Waals surface area contributed by atoms with Crippen molar-refractivity contribution >= 4 is 23.6 Å². The zero-order valence-electron chi connectivity index (χ0n) is 17.9. The molecule has 2 amide bonds. The number of carbonyl (C=O) groups is 2. The summed E-state index contributed by atoms with van der Waals surface area (Å²) < 4.78 is 11.0. The van der Waals surface area contributed by atoms with Crippen molar-refractivity contribution in [2.75, 3.05) is 10.6 Å². The molecule has 0 bridgehead atoms. The van der Waals surface area contributed by atoms with E-state index in [2.05, 4.69) is 10.6 Å². The number of benzene rings is 3. The lowest BCUT2D eigenvalue weighted by molar-refractivity contribution is 0.213. The first-order chi connectivity index (χ1) is 15.0. The Hall–Kier alpha value is -3.80. The highest BCUT2D eigenvalue weighted by Gasteiger charge is 2.16. The topological polar surface area (TPSA) is 76.7 Å². The minimum atomic E-state index is -0.640. The SMILES string of the molecule is CCc1ccccc1OC(=O)Nc1cccc(C)c1NC(=O)Oc1ccccc1CC. The summed E-state index contributed by atoms with van der Waals surface area (Å²) in [5.41, 5.74) is 3.49. The van der Waals surface area contributed by atoms with Gasteiger partial charge in [0.25, 0.3) is 0 Å².